The third-order valence-corrected chi connectivity index (χ3v) is 9.74. The molecule has 45 heavy (non-hydrogen) atoms. The van der Waals surface area contributed by atoms with Crippen molar-refractivity contribution in [1.82, 2.24) is 0 Å². The van der Waals surface area contributed by atoms with Gasteiger partial charge in [-0.05, 0) is 92.5 Å². The van der Waals surface area contributed by atoms with E-state index in [0.29, 0.717) is 0 Å². The third-order valence-electron chi connectivity index (χ3n) is 9.52. The minimum absolute atomic E-state index is 0.452. The van der Waals surface area contributed by atoms with Gasteiger partial charge < -0.3 is 4.90 Å². The minimum Gasteiger partial charge on any atom is -0.310 e. The van der Waals surface area contributed by atoms with Crippen LogP contribution in [0, 0.1) is 0 Å². The van der Waals surface area contributed by atoms with E-state index < -0.39 is 5.41 Å². The Kier molecular flexibility index (Phi) is 5.84. The second-order valence-corrected chi connectivity index (χ2v) is 12.2. The van der Waals surface area contributed by atoms with Crippen molar-refractivity contribution < 1.29 is 0 Å². The summed E-state index contributed by atoms with van der Waals surface area (Å²) in [5, 5.41) is 0.735. The standard InChI is InChI=1S/C43H28ClN/c44-29-27-36(34-21-10-14-26-41(34)45(30-15-3-1-4-16-30)31-17-5-2-6-18-31)42-35-22-9-13-25-39(35)43(40(42)28-29)37-23-11-7-19-32(37)33-20-8-12-24-38(33)43/h1-28H. The van der Waals surface area contributed by atoms with Gasteiger partial charge in [-0.15, -0.1) is 0 Å². The van der Waals surface area contributed by atoms with Crippen molar-refractivity contribution in [1.29, 1.82) is 0 Å². The second kappa shape index (κ2) is 10.1. The predicted molar refractivity (Wildman–Crippen MR) is 188 cm³/mol. The van der Waals surface area contributed by atoms with Gasteiger partial charge in [0, 0.05) is 22.0 Å². The van der Waals surface area contributed by atoms with Crippen LogP contribution in [0.4, 0.5) is 17.1 Å². The lowest BCUT2D eigenvalue weighted by atomic mass is 9.70. The molecule has 9 rings (SSSR count). The molecular formula is C43H28ClN. The normalized spacial score (nSPS) is 13.2. The van der Waals surface area contributed by atoms with E-state index in [2.05, 4.69) is 175 Å². The number of halogens is 1. The summed E-state index contributed by atoms with van der Waals surface area (Å²) in [6.07, 6.45) is 0. The summed E-state index contributed by atoms with van der Waals surface area (Å²) >= 11 is 7.19. The van der Waals surface area contributed by atoms with Crippen LogP contribution in [0.25, 0.3) is 33.4 Å². The summed E-state index contributed by atoms with van der Waals surface area (Å²) in [5.41, 5.74) is 15.4. The lowest BCUT2D eigenvalue weighted by molar-refractivity contribution is 0.794. The smallest absolute Gasteiger partial charge is 0.0726 e. The highest BCUT2D eigenvalue weighted by Crippen LogP contribution is 2.64. The lowest BCUT2D eigenvalue weighted by Gasteiger charge is -2.31. The van der Waals surface area contributed by atoms with Crippen molar-refractivity contribution in [2.45, 2.75) is 5.41 Å². The maximum Gasteiger partial charge on any atom is 0.0726 e. The van der Waals surface area contributed by atoms with Crippen LogP contribution in [0.1, 0.15) is 22.3 Å². The van der Waals surface area contributed by atoms with Gasteiger partial charge >= 0.3 is 0 Å². The van der Waals surface area contributed by atoms with Gasteiger partial charge in [-0.1, -0.05) is 139 Å². The zero-order valence-corrected chi connectivity index (χ0v) is 25.2. The Morgan fingerprint density at radius 2 is 0.822 bits per heavy atom. The van der Waals surface area contributed by atoms with Gasteiger partial charge in [0.15, 0.2) is 0 Å². The van der Waals surface area contributed by atoms with E-state index >= 15 is 0 Å². The zero-order valence-electron chi connectivity index (χ0n) is 24.5. The summed E-state index contributed by atoms with van der Waals surface area (Å²) < 4.78 is 0. The van der Waals surface area contributed by atoms with Gasteiger partial charge in [0.1, 0.15) is 0 Å². The molecule has 0 fully saturated rings. The van der Waals surface area contributed by atoms with Gasteiger partial charge in [-0.3, -0.25) is 0 Å². The Morgan fingerprint density at radius 3 is 1.40 bits per heavy atom. The van der Waals surface area contributed by atoms with Crippen LogP contribution in [-0.2, 0) is 5.41 Å². The van der Waals surface area contributed by atoms with Crippen LogP contribution < -0.4 is 4.90 Å². The van der Waals surface area contributed by atoms with Gasteiger partial charge in [-0.25, -0.2) is 0 Å². The van der Waals surface area contributed by atoms with Crippen LogP contribution in [0.3, 0.4) is 0 Å². The fourth-order valence-electron chi connectivity index (χ4n) is 7.87. The van der Waals surface area contributed by atoms with E-state index in [1.807, 2.05) is 0 Å². The van der Waals surface area contributed by atoms with Crippen molar-refractivity contribution in [2.24, 2.45) is 0 Å². The molecule has 1 spiro atoms. The number of anilines is 3. The van der Waals surface area contributed by atoms with Gasteiger partial charge in [0.25, 0.3) is 0 Å². The Morgan fingerprint density at radius 1 is 0.378 bits per heavy atom. The number of rotatable bonds is 4. The molecular weight excluding hydrogens is 566 g/mol. The molecule has 0 saturated carbocycles. The fourth-order valence-corrected chi connectivity index (χ4v) is 8.09. The first-order valence-electron chi connectivity index (χ1n) is 15.4. The Hall–Kier alpha value is -5.37. The highest BCUT2D eigenvalue weighted by atomic mass is 35.5. The van der Waals surface area contributed by atoms with Gasteiger partial charge in [0.2, 0.25) is 0 Å². The molecule has 2 aliphatic carbocycles. The highest BCUT2D eigenvalue weighted by Gasteiger charge is 2.52. The third kappa shape index (κ3) is 3.68. The van der Waals surface area contributed by atoms with E-state index in [-0.39, 0.29) is 0 Å². The number of hydrogen-bond acceptors (Lipinski definition) is 1. The molecule has 0 saturated heterocycles. The first-order valence-corrected chi connectivity index (χ1v) is 15.8. The van der Waals surface area contributed by atoms with E-state index in [9.17, 15) is 0 Å². The summed E-state index contributed by atoms with van der Waals surface area (Å²) in [4.78, 5) is 2.35. The number of hydrogen-bond donors (Lipinski definition) is 0. The topological polar surface area (TPSA) is 3.24 Å². The Labute approximate surface area is 268 Å². The van der Waals surface area contributed by atoms with Gasteiger partial charge in [-0.2, -0.15) is 0 Å². The summed E-state index contributed by atoms with van der Waals surface area (Å²) in [5.74, 6) is 0. The average molecular weight is 594 g/mol. The van der Waals surface area contributed by atoms with Crippen molar-refractivity contribution in [2.75, 3.05) is 4.90 Å². The quantitative estimate of drug-likeness (QED) is 0.196. The maximum atomic E-state index is 7.19. The molecule has 7 aromatic rings. The van der Waals surface area contributed by atoms with Crippen molar-refractivity contribution in [3.8, 4) is 33.4 Å². The highest BCUT2D eigenvalue weighted by molar-refractivity contribution is 6.31. The van der Waals surface area contributed by atoms with Crippen molar-refractivity contribution in [3.63, 3.8) is 0 Å². The summed E-state index contributed by atoms with van der Waals surface area (Å²) in [6.45, 7) is 0. The predicted octanol–water partition coefficient (Wildman–Crippen LogP) is 11.8. The van der Waals surface area contributed by atoms with Crippen LogP contribution in [-0.4, -0.2) is 0 Å². The van der Waals surface area contributed by atoms with Crippen LogP contribution in [0.2, 0.25) is 5.02 Å². The molecule has 2 aliphatic rings. The molecule has 2 heteroatoms. The molecule has 0 heterocycles. The molecule has 0 amide bonds. The molecule has 0 N–H and O–H groups in total. The average Bonchev–Trinajstić information content (AvgIpc) is 3.57. The molecule has 1 nitrogen and oxygen atoms in total. The first kappa shape index (κ1) is 26.1. The lowest BCUT2D eigenvalue weighted by Crippen LogP contribution is -2.25. The van der Waals surface area contributed by atoms with E-state index in [4.69, 9.17) is 11.6 Å². The van der Waals surface area contributed by atoms with Crippen LogP contribution >= 0.6 is 11.6 Å². The number of benzene rings is 7. The molecule has 0 unspecified atom stereocenters. The Bertz CT molecular complexity index is 2150. The first-order chi connectivity index (χ1) is 22.3. The number of para-hydroxylation sites is 3. The zero-order chi connectivity index (χ0) is 30.0. The molecule has 0 aromatic heterocycles. The van der Waals surface area contributed by atoms with Crippen LogP contribution in [0.5, 0.6) is 0 Å². The Balaban J connectivity index is 1.38. The molecule has 7 aromatic carbocycles. The van der Waals surface area contributed by atoms with Crippen LogP contribution in [0.15, 0.2) is 170 Å². The van der Waals surface area contributed by atoms with E-state index in [0.717, 1.165) is 33.2 Å². The maximum absolute atomic E-state index is 7.19. The van der Waals surface area contributed by atoms with Crippen molar-refractivity contribution >= 4 is 28.7 Å². The summed E-state index contributed by atoms with van der Waals surface area (Å²) in [6, 6.07) is 61.0. The largest absolute Gasteiger partial charge is 0.310 e. The van der Waals surface area contributed by atoms with E-state index in [1.54, 1.807) is 0 Å². The number of nitrogens with zero attached hydrogens (tertiary/aromatic N) is 1. The molecule has 0 radical (unpaired) electrons. The fraction of sp³-hybridized carbons (Fsp3) is 0.0233. The molecule has 212 valence electrons. The monoisotopic (exact) mass is 593 g/mol. The molecule has 0 atom stereocenters. The molecule has 0 aliphatic heterocycles. The minimum atomic E-state index is -0.452. The summed E-state index contributed by atoms with van der Waals surface area (Å²) in [7, 11) is 0. The second-order valence-electron chi connectivity index (χ2n) is 11.8. The number of fused-ring (bicyclic) bond motifs is 10. The molecule has 0 bridgehead atoms. The van der Waals surface area contributed by atoms with Crippen molar-refractivity contribution in [3.05, 3.63) is 197 Å². The van der Waals surface area contributed by atoms with E-state index in [1.165, 1.54) is 44.5 Å². The SMILES string of the molecule is Clc1cc(-c2ccccc2N(c2ccccc2)c2ccccc2)c2c(c1)C1(c3ccccc3-c3ccccc31)c1ccccc1-2. The van der Waals surface area contributed by atoms with Gasteiger partial charge in [0.05, 0.1) is 11.1 Å².